The second-order valence-corrected chi connectivity index (χ2v) is 5.98. The Balaban J connectivity index is 1.63. The number of nitrogens with one attached hydrogen (secondary N) is 1. The fourth-order valence-electron chi connectivity index (χ4n) is 2.32. The van der Waals surface area contributed by atoms with Crippen LogP contribution in [0.4, 0.5) is 0 Å². The van der Waals surface area contributed by atoms with Gasteiger partial charge in [0.2, 0.25) is 0 Å². The van der Waals surface area contributed by atoms with Crippen LogP contribution in [0.3, 0.4) is 0 Å². The van der Waals surface area contributed by atoms with Gasteiger partial charge in [0.15, 0.2) is 6.10 Å². The molecule has 0 saturated carbocycles. The summed E-state index contributed by atoms with van der Waals surface area (Å²) in [4.78, 5) is 12.1. The topological polar surface area (TPSA) is 59.9 Å². The third kappa shape index (κ3) is 3.68. The number of amides is 1. The third-order valence-electron chi connectivity index (χ3n) is 3.59. The van der Waals surface area contributed by atoms with Crippen LogP contribution in [-0.4, -0.2) is 24.3 Å². The maximum absolute atomic E-state index is 12.1. The number of halogens is 1. The van der Waals surface area contributed by atoms with E-state index in [0.29, 0.717) is 23.1 Å². The number of rotatable bonds is 4. The predicted octanol–water partition coefficient (Wildman–Crippen LogP) is 3.33. The second-order valence-electron chi connectivity index (χ2n) is 5.54. The van der Waals surface area contributed by atoms with E-state index in [4.69, 9.17) is 21.1 Å². The standard InChI is InChI=1S/C18H17ClN2O3/c1-11-6-7-15-16(10-23-17(15)8-11)20-21-18(22)12(2)24-14-5-3-4-13(19)9-14/h3-9,12H,10H2,1-2H3,(H,21,22)/b20-16-/t12-/m1/s1. The van der Waals surface area contributed by atoms with Gasteiger partial charge < -0.3 is 9.47 Å². The van der Waals surface area contributed by atoms with Crippen LogP contribution in [0.2, 0.25) is 5.02 Å². The van der Waals surface area contributed by atoms with Crippen molar-refractivity contribution in [3.05, 3.63) is 58.6 Å². The molecule has 0 spiro atoms. The fraction of sp³-hybridized carbons (Fsp3) is 0.222. The van der Waals surface area contributed by atoms with Gasteiger partial charge in [0.1, 0.15) is 23.8 Å². The van der Waals surface area contributed by atoms with Crippen LogP contribution < -0.4 is 14.9 Å². The molecule has 1 aliphatic heterocycles. The van der Waals surface area contributed by atoms with Crippen LogP contribution in [0.1, 0.15) is 18.1 Å². The van der Waals surface area contributed by atoms with Gasteiger partial charge in [0.05, 0.1) is 0 Å². The zero-order valence-corrected chi connectivity index (χ0v) is 14.1. The number of hydrogen-bond donors (Lipinski definition) is 1. The minimum Gasteiger partial charge on any atom is -0.486 e. The Hall–Kier alpha value is -2.53. The molecule has 2 aromatic rings. The molecule has 0 fully saturated rings. The van der Waals surface area contributed by atoms with Gasteiger partial charge in [0, 0.05) is 10.6 Å². The first-order valence-electron chi connectivity index (χ1n) is 7.55. The highest BCUT2D eigenvalue weighted by atomic mass is 35.5. The van der Waals surface area contributed by atoms with E-state index in [9.17, 15) is 4.79 Å². The summed E-state index contributed by atoms with van der Waals surface area (Å²) in [6.45, 7) is 3.98. The van der Waals surface area contributed by atoms with Gasteiger partial charge in [-0.05, 0) is 49.7 Å². The first kappa shape index (κ1) is 16.3. The van der Waals surface area contributed by atoms with Crippen molar-refractivity contribution in [3.63, 3.8) is 0 Å². The minimum absolute atomic E-state index is 0.336. The molecule has 24 heavy (non-hydrogen) atoms. The summed E-state index contributed by atoms with van der Waals surface area (Å²) in [6.07, 6.45) is -0.701. The number of benzene rings is 2. The Morgan fingerprint density at radius 1 is 1.33 bits per heavy atom. The number of hydrogen-bond acceptors (Lipinski definition) is 4. The summed E-state index contributed by atoms with van der Waals surface area (Å²) in [5.41, 5.74) is 5.22. The van der Waals surface area contributed by atoms with Crippen molar-refractivity contribution in [2.45, 2.75) is 20.0 Å². The quantitative estimate of drug-likeness (QED) is 0.865. The molecule has 3 rings (SSSR count). The molecule has 1 heterocycles. The molecule has 1 aliphatic rings. The van der Waals surface area contributed by atoms with Crippen molar-refractivity contribution in [1.29, 1.82) is 0 Å². The lowest BCUT2D eigenvalue weighted by Gasteiger charge is -2.13. The molecular weight excluding hydrogens is 328 g/mol. The van der Waals surface area contributed by atoms with Crippen LogP contribution >= 0.6 is 11.6 Å². The number of ether oxygens (including phenoxy) is 2. The number of fused-ring (bicyclic) bond motifs is 1. The van der Waals surface area contributed by atoms with Crippen LogP contribution in [0, 0.1) is 6.92 Å². The van der Waals surface area contributed by atoms with E-state index >= 15 is 0 Å². The van der Waals surface area contributed by atoms with E-state index in [1.54, 1.807) is 31.2 Å². The van der Waals surface area contributed by atoms with Crippen molar-refractivity contribution < 1.29 is 14.3 Å². The molecule has 2 aromatic carbocycles. The Kier molecular flexibility index (Phi) is 4.71. The molecule has 1 atom stereocenters. The van der Waals surface area contributed by atoms with Gasteiger partial charge in [-0.15, -0.1) is 0 Å². The number of nitrogens with zero attached hydrogens (tertiary/aromatic N) is 1. The van der Waals surface area contributed by atoms with Crippen molar-refractivity contribution >= 4 is 23.2 Å². The molecular formula is C18H17ClN2O3. The van der Waals surface area contributed by atoms with Gasteiger partial charge in [-0.1, -0.05) is 23.7 Å². The van der Waals surface area contributed by atoms with Crippen molar-refractivity contribution in [1.82, 2.24) is 5.43 Å². The first-order chi connectivity index (χ1) is 11.5. The van der Waals surface area contributed by atoms with Crippen LogP contribution in [0.25, 0.3) is 0 Å². The zero-order chi connectivity index (χ0) is 17.1. The Bertz CT molecular complexity index is 805. The van der Waals surface area contributed by atoms with Gasteiger partial charge in [-0.3, -0.25) is 4.79 Å². The number of carbonyl (C=O) groups is 1. The monoisotopic (exact) mass is 344 g/mol. The molecule has 1 N–H and O–H groups in total. The van der Waals surface area contributed by atoms with Crippen molar-refractivity contribution in [3.8, 4) is 11.5 Å². The highest BCUT2D eigenvalue weighted by Crippen LogP contribution is 2.26. The largest absolute Gasteiger partial charge is 0.486 e. The normalized spacial score (nSPS) is 15.5. The number of hydrazone groups is 1. The summed E-state index contributed by atoms with van der Waals surface area (Å²) in [7, 11) is 0. The number of carbonyl (C=O) groups excluding carboxylic acids is 1. The van der Waals surface area contributed by atoms with Crippen LogP contribution in [-0.2, 0) is 4.79 Å². The van der Waals surface area contributed by atoms with E-state index in [1.165, 1.54) is 0 Å². The molecule has 0 aromatic heterocycles. The van der Waals surface area contributed by atoms with E-state index in [2.05, 4.69) is 10.5 Å². The Morgan fingerprint density at radius 2 is 2.17 bits per heavy atom. The van der Waals surface area contributed by atoms with Crippen molar-refractivity contribution in [2.75, 3.05) is 6.61 Å². The van der Waals surface area contributed by atoms with Gasteiger partial charge in [-0.25, -0.2) is 5.43 Å². The number of aryl methyl sites for hydroxylation is 1. The summed E-state index contributed by atoms with van der Waals surface area (Å²) in [6, 6.07) is 12.8. The average Bonchev–Trinajstić information content (AvgIpc) is 2.94. The lowest BCUT2D eigenvalue weighted by Crippen LogP contribution is -2.34. The lowest BCUT2D eigenvalue weighted by molar-refractivity contribution is -0.127. The van der Waals surface area contributed by atoms with Crippen molar-refractivity contribution in [2.24, 2.45) is 5.10 Å². The molecule has 0 saturated heterocycles. The third-order valence-corrected chi connectivity index (χ3v) is 3.83. The molecule has 0 unspecified atom stereocenters. The molecule has 6 heteroatoms. The maximum Gasteiger partial charge on any atom is 0.280 e. The molecule has 124 valence electrons. The van der Waals surface area contributed by atoms with Crippen LogP contribution in [0.5, 0.6) is 11.5 Å². The Morgan fingerprint density at radius 3 is 2.96 bits per heavy atom. The zero-order valence-electron chi connectivity index (χ0n) is 13.4. The second kappa shape index (κ2) is 6.93. The SMILES string of the molecule is Cc1ccc2c(c1)OC/C2=N/NC(=O)[C@@H](C)Oc1cccc(Cl)c1. The first-order valence-corrected chi connectivity index (χ1v) is 7.93. The Labute approximate surface area is 145 Å². The molecule has 0 bridgehead atoms. The predicted molar refractivity (Wildman–Crippen MR) is 92.9 cm³/mol. The average molecular weight is 345 g/mol. The highest BCUT2D eigenvalue weighted by Gasteiger charge is 2.20. The van der Waals surface area contributed by atoms with Crippen LogP contribution in [0.15, 0.2) is 47.6 Å². The fourth-order valence-corrected chi connectivity index (χ4v) is 2.50. The minimum atomic E-state index is -0.701. The lowest BCUT2D eigenvalue weighted by atomic mass is 10.1. The molecule has 0 radical (unpaired) electrons. The highest BCUT2D eigenvalue weighted by molar-refractivity contribution is 6.30. The van der Waals surface area contributed by atoms with Gasteiger partial charge in [0.25, 0.3) is 5.91 Å². The molecule has 1 amide bonds. The van der Waals surface area contributed by atoms with E-state index in [-0.39, 0.29) is 5.91 Å². The summed E-state index contributed by atoms with van der Waals surface area (Å²) < 4.78 is 11.1. The molecule has 0 aliphatic carbocycles. The smallest absolute Gasteiger partial charge is 0.280 e. The molecule has 5 nitrogen and oxygen atoms in total. The van der Waals surface area contributed by atoms with E-state index in [1.807, 2.05) is 25.1 Å². The summed E-state index contributed by atoms with van der Waals surface area (Å²) in [5, 5.41) is 4.71. The van der Waals surface area contributed by atoms with E-state index < -0.39 is 6.10 Å². The summed E-state index contributed by atoms with van der Waals surface area (Å²) >= 11 is 5.90. The summed E-state index contributed by atoms with van der Waals surface area (Å²) in [5.74, 6) is 0.970. The van der Waals surface area contributed by atoms with Gasteiger partial charge in [-0.2, -0.15) is 5.10 Å². The van der Waals surface area contributed by atoms with E-state index in [0.717, 1.165) is 16.9 Å². The maximum atomic E-state index is 12.1. The van der Waals surface area contributed by atoms with Gasteiger partial charge >= 0.3 is 0 Å².